The highest BCUT2D eigenvalue weighted by atomic mass is 32.1. The number of thiophene rings is 2. The van der Waals surface area contributed by atoms with E-state index < -0.39 is 0 Å². The summed E-state index contributed by atoms with van der Waals surface area (Å²) in [5, 5.41) is 29.0. The van der Waals surface area contributed by atoms with Crippen molar-refractivity contribution < 1.29 is 24.5 Å². The number of nitrogens with zero attached hydrogens (tertiary/aromatic N) is 6. The van der Waals surface area contributed by atoms with Gasteiger partial charge in [0.05, 0.1) is 14.2 Å². The van der Waals surface area contributed by atoms with Gasteiger partial charge in [-0.15, -0.1) is 22.7 Å². The highest BCUT2D eigenvalue weighted by Crippen LogP contribution is 2.39. The quantitative estimate of drug-likeness (QED) is 0.0647. The first-order valence-electron chi connectivity index (χ1n) is 16.9. The number of hydrogen-bond donors (Lipinski definition) is 6. The van der Waals surface area contributed by atoms with Crippen LogP contribution in [-0.4, -0.2) is 85.8 Å². The zero-order chi connectivity index (χ0) is 37.9. The molecule has 0 saturated carbocycles. The number of amides is 1. The Hall–Kier alpha value is -6.17. The third-order valence-electron chi connectivity index (χ3n) is 8.46. The molecule has 2 aromatic carbocycles. The zero-order valence-electron chi connectivity index (χ0n) is 29.9. The molecule has 8 rings (SSSR count). The predicted octanol–water partition coefficient (Wildman–Crippen LogP) is 5.80. The summed E-state index contributed by atoms with van der Waals surface area (Å²) in [5.41, 5.74) is 12.6. The number of anilines is 2. The van der Waals surface area contributed by atoms with Gasteiger partial charge in [0.25, 0.3) is 0 Å². The number of imidazole rings is 2. The van der Waals surface area contributed by atoms with Gasteiger partial charge in [-0.1, -0.05) is 0 Å². The van der Waals surface area contributed by atoms with Crippen molar-refractivity contribution in [2.75, 3.05) is 51.0 Å². The van der Waals surface area contributed by atoms with E-state index in [4.69, 9.17) is 25.2 Å². The maximum atomic E-state index is 10.4. The van der Waals surface area contributed by atoms with E-state index in [1.54, 1.807) is 61.2 Å². The Kier molecular flexibility index (Phi) is 10.3. The Morgan fingerprint density at radius 1 is 0.722 bits per heavy atom. The molecule has 54 heavy (non-hydrogen) atoms. The number of rotatable bonds is 12. The minimum atomic E-state index is 0.147. The van der Waals surface area contributed by atoms with Crippen LogP contribution in [0.2, 0.25) is 0 Å². The maximum absolute atomic E-state index is 10.4. The number of ether oxygens (including phenoxy) is 2. The fourth-order valence-corrected chi connectivity index (χ4v) is 8.29. The van der Waals surface area contributed by atoms with Crippen LogP contribution >= 0.6 is 22.7 Å². The molecule has 8 aromatic rings. The number of carbonyl (C=O) groups excluding carboxylic acids is 1. The van der Waals surface area contributed by atoms with Crippen molar-refractivity contribution in [3.8, 4) is 43.9 Å². The second kappa shape index (κ2) is 15.4. The maximum Gasteiger partial charge on any atom is 0.207 e. The van der Waals surface area contributed by atoms with Crippen molar-refractivity contribution in [3.05, 3.63) is 72.3 Å². The van der Waals surface area contributed by atoms with Crippen LogP contribution in [0.5, 0.6) is 23.0 Å². The summed E-state index contributed by atoms with van der Waals surface area (Å²) in [7, 11) is 3.15. The van der Waals surface area contributed by atoms with Gasteiger partial charge in [0.15, 0.2) is 22.9 Å². The smallest absolute Gasteiger partial charge is 0.207 e. The minimum absolute atomic E-state index is 0.147. The van der Waals surface area contributed by atoms with E-state index in [0.717, 1.165) is 64.3 Å². The molecule has 0 aliphatic rings. The van der Waals surface area contributed by atoms with Crippen molar-refractivity contribution in [3.63, 3.8) is 0 Å². The van der Waals surface area contributed by atoms with Gasteiger partial charge in [-0.2, -0.15) is 0 Å². The Labute approximate surface area is 317 Å². The highest BCUT2D eigenvalue weighted by Gasteiger charge is 2.18. The SMILES string of the molecule is COc1cc(O)cc(-c2cc3nc(NCCN)c4ncc(C)n4c3s2)c1.COc1cc(O)cc(-c2cc3nc(NCCNC=O)c4ncc(C)n4c3s2)c1. The fraction of sp³-hybridized carbons (Fsp3) is 0.216. The molecule has 0 bridgehead atoms. The molecule has 6 aromatic heterocycles. The summed E-state index contributed by atoms with van der Waals surface area (Å²) in [6.45, 7) is 6.19. The van der Waals surface area contributed by atoms with Gasteiger partial charge in [0.1, 0.15) is 43.7 Å². The molecule has 6 heterocycles. The van der Waals surface area contributed by atoms with Crippen molar-refractivity contribution in [2.24, 2.45) is 5.73 Å². The molecule has 0 saturated heterocycles. The molecule has 0 aliphatic heterocycles. The lowest BCUT2D eigenvalue weighted by Gasteiger charge is -2.08. The Morgan fingerprint density at radius 2 is 1.20 bits per heavy atom. The van der Waals surface area contributed by atoms with Crippen LogP contribution in [0.25, 0.3) is 52.9 Å². The van der Waals surface area contributed by atoms with Crippen LogP contribution in [0.4, 0.5) is 11.6 Å². The number of nitrogens with two attached hydrogens (primary N) is 1. The van der Waals surface area contributed by atoms with Gasteiger partial charge in [-0.25, -0.2) is 19.9 Å². The molecule has 17 heteroatoms. The third-order valence-corrected chi connectivity index (χ3v) is 10.8. The first-order valence-corrected chi connectivity index (χ1v) is 18.5. The summed E-state index contributed by atoms with van der Waals surface area (Å²) in [5.74, 6) is 2.89. The van der Waals surface area contributed by atoms with Gasteiger partial charge in [0.2, 0.25) is 6.41 Å². The highest BCUT2D eigenvalue weighted by molar-refractivity contribution is 7.22. The molecular formula is C37H38N10O5S2. The Bertz CT molecular complexity index is 2630. The number of hydrogen-bond acceptors (Lipinski definition) is 14. The Balaban J connectivity index is 0.000000167. The van der Waals surface area contributed by atoms with Crippen molar-refractivity contribution in [1.82, 2.24) is 34.1 Å². The van der Waals surface area contributed by atoms with E-state index in [1.165, 1.54) is 0 Å². The van der Waals surface area contributed by atoms with Crippen LogP contribution in [0.1, 0.15) is 11.4 Å². The third kappa shape index (κ3) is 7.11. The lowest BCUT2D eigenvalue weighted by atomic mass is 10.1. The number of nitrogens with one attached hydrogen (secondary N) is 3. The summed E-state index contributed by atoms with van der Waals surface area (Å²) < 4.78 is 14.7. The number of carbonyl (C=O) groups is 1. The molecule has 0 fully saturated rings. The summed E-state index contributed by atoms with van der Waals surface area (Å²) in [6.07, 6.45) is 4.31. The van der Waals surface area contributed by atoms with Gasteiger partial charge in [0, 0.05) is 71.8 Å². The molecule has 1 amide bonds. The summed E-state index contributed by atoms with van der Waals surface area (Å²) in [6, 6.07) is 14.4. The molecule has 0 spiro atoms. The van der Waals surface area contributed by atoms with Crippen LogP contribution < -0.4 is 31.2 Å². The molecule has 7 N–H and O–H groups in total. The average molecular weight is 767 g/mol. The van der Waals surface area contributed by atoms with E-state index >= 15 is 0 Å². The molecule has 0 aliphatic carbocycles. The number of aryl methyl sites for hydroxylation is 2. The summed E-state index contributed by atoms with van der Waals surface area (Å²) >= 11 is 3.18. The zero-order valence-corrected chi connectivity index (χ0v) is 31.5. The van der Waals surface area contributed by atoms with Gasteiger partial charge in [-0.05, 0) is 61.4 Å². The fourth-order valence-electron chi connectivity index (χ4n) is 6.00. The second-order valence-corrected chi connectivity index (χ2v) is 14.3. The number of phenolic OH excluding ortho intramolecular Hbond substituents is 2. The van der Waals surface area contributed by atoms with Crippen molar-refractivity contribution in [2.45, 2.75) is 13.8 Å². The van der Waals surface area contributed by atoms with Crippen LogP contribution in [-0.2, 0) is 4.79 Å². The first kappa shape index (κ1) is 36.2. The van der Waals surface area contributed by atoms with E-state index in [1.807, 2.05) is 50.5 Å². The van der Waals surface area contributed by atoms with Crippen LogP contribution in [0.15, 0.2) is 60.9 Å². The Morgan fingerprint density at radius 3 is 1.65 bits per heavy atom. The molecular weight excluding hydrogens is 729 g/mol. The van der Waals surface area contributed by atoms with Crippen LogP contribution in [0.3, 0.4) is 0 Å². The number of benzene rings is 2. The van der Waals surface area contributed by atoms with Crippen molar-refractivity contribution >= 4 is 72.7 Å². The molecule has 0 atom stereocenters. The second-order valence-electron chi connectivity index (χ2n) is 12.2. The van der Waals surface area contributed by atoms with E-state index in [-0.39, 0.29) is 11.5 Å². The van der Waals surface area contributed by atoms with E-state index in [9.17, 15) is 15.0 Å². The number of methoxy groups -OCH3 is 2. The monoisotopic (exact) mass is 766 g/mol. The van der Waals surface area contributed by atoms with Gasteiger partial charge >= 0.3 is 0 Å². The predicted molar refractivity (Wildman–Crippen MR) is 214 cm³/mol. The van der Waals surface area contributed by atoms with E-state index in [2.05, 4.69) is 34.7 Å². The average Bonchev–Trinajstić information content (AvgIpc) is 3.97. The number of phenols is 2. The minimum Gasteiger partial charge on any atom is -0.508 e. The summed E-state index contributed by atoms with van der Waals surface area (Å²) in [4.78, 5) is 32.8. The number of aromatic nitrogens is 6. The standard InChI is InChI=1S/C19H19N5O3S.C18H19N5O2S/c1-11-9-22-18-17(21-4-3-20-10-25)23-15-8-16(28-19(15)24(11)18)12-5-13(26)7-14(6-12)27-2;1-10-9-21-17-16(20-4-3-19)22-14-8-15(26-18(14)23(10)17)11-5-12(24)7-13(6-11)25-2/h5-10,26H,3-4H2,1-2H3,(H,20,25)(H,21,23);5-9,24H,3-4,19H2,1-2H3,(H,20,22). The molecule has 278 valence electrons. The topological polar surface area (TPSA) is 198 Å². The molecule has 15 nitrogen and oxygen atoms in total. The van der Waals surface area contributed by atoms with E-state index in [0.29, 0.717) is 55.7 Å². The van der Waals surface area contributed by atoms with Crippen molar-refractivity contribution in [1.29, 1.82) is 0 Å². The normalized spacial score (nSPS) is 11.2. The number of fused-ring (bicyclic) bond motifs is 6. The largest absolute Gasteiger partial charge is 0.508 e. The number of aromatic hydroxyl groups is 2. The van der Waals surface area contributed by atoms with Gasteiger partial charge < -0.3 is 41.4 Å². The first-order chi connectivity index (χ1) is 26.2. The molecule has 0 unspecified atom stereocenters. The van der Waals surface area contributed by atoms with Crippen LogP contribution in [0, 0.1) is 13.8 Å². The molecule has 0 radical (unpaired) electrons. The lowest BCUT2D eigenvalue weighted by Crippen LogP contribution is -2.21. The lowest BCUT2D eigenvalue weighted by molar-refractivity contribution is -0.109. The van der Waals surface area contributed by atoms with Gasteiger partial charge in [-0.3, -0.25) is 13.6 Å².